The van der Waals surface area contributed by atoms with Crippen LogP contribution in [0.5, 0.6) is 11.5 Å². The van der Waals surface area contributed by atoms with E-state index < -0.39 is 16.0 Å². The predicted octanol–water partition coefficient (Wildman–Crippen LogP) is 4.51. The zero-order chi connectivity index (χ0) is 22.5. The third-order valence-electron chi connectivity index (χ3n) is 4.13. The molecule has 0 saturated carbocycles. The fourth-order valence-electron chi connectivity index (χ4n) is 2.68. The zero-order valence-corrected chi connectivity index (χ0v) is 18.9. The van der Waals surface area contributed by atoms with E-state index in [0.717, 1.165) is 6.07 Å². The van der Waals surface area contributed by atoms with E-state index in [2.05, 4.69) is 0 Å². The van der Waals surface area contributed by atoms with E-state index in [1.165, 1.54) is 28.6 Å². The zero-order valence-electron chi connectivity index (χ0n) is 16.6. The van der Waals surface area contributed by atoms with Crippen molar-refractivity contribution in [1.82, 2.24) is 4.31 Å². The van der Waals surface area contributed by atoms with Crippen LogP contribution in [-0.4, -0.2) is 38.4 Å². The van der Waals surface area contributed by atoms with Crippen LogP contribution in [0.25, 0.3) is 0 Å². The van der Waals surface area contributed by atoms with Crippen molar-refractivity contribution in [2.24, 2.45) is 0 Å². The average Bonchev–Trinajstić information content (AvgIpc) is 2.71. The van der Waals surface area contributed by atoms with Gasteiger partial charge in [-0.25, -0.2) is 13.2 Å². The molecule has 0 N–H and O–H groups in total. The molecule has 0 radical (unpaired) electrons. The van der Waals surface area contributed by atoms with Gasteiger partial charge in [0.05, 0.1) is 38.7 Å². The molecule has 0 bridgehead atoms. The summed E-state index contributed by atoms with van der Waals surface area (Å²) in [5.74, 6) is -0.891. The highest BCUT2D eigenvalue weighted by Gasteiger charge is 2.25. The maximum Gasteiger partial charge on any atom is 0.345 e. The molecule has 7 nitrogen and oxygen atoms in total. The molecule has 10 heteroatoms. The molecule has 0 aliphatic rings. The quantitative estimate of drug-likeness (QED) is 0.415. The lowest BCUT2D eigenvalue weighted by Crippen LogP contribution is -2.30. The number of hydrogen-bond acceptors (Lipinski definition) is 6. The fourth-order valence-corrected chi connectivity index (χ4v) is 4.60. The van der Waals surface area contributed by atoms with E-state index in [0.29, 0.717) is 0 Å². The lowest BCUT2D eigenvalue weighted by Gasteiger charge is -2.19. The summed E-state index contributed by atoms with van der Waals surface area (Å²) in [6.45, 7) is 5.95. The normalized spacial score (nSPS) is 11.2. The first-order chi connectivity index (χ1) is 14.2. The Morgan fingerprint density at radius 1 is 1.10 bits per heavy atom. The minimum Gasteiger partial charge on any atom is -0.490 e. The van der Waals surface area contributed by atoms with E-state index >= 15 is 0 Å². The first-order valence-corrected chi connectivity index (χ1v) is 11.3. The van der Waals surface area contributed by atoms with Gasteiger partial charge >= 0.3 is 5.97 Å². The van der Waals surface area contributed by atoms with Crippen molar-refractivity contribution in [3.8, 4) is 17.6 Å². The van der Waals surface area contributed by atoms with Crippen LogP contribution >= 0.6 is 23.2 Å². The third-order valence-corrected chi connectivity index (χ3v) is 6.79. The molecule has 0 atom stereocenters. The van der Waals surface area contributed by atoms with Crippen molar-refractivity contribution in [3.05, 3.63) is 51.5 Å². The Morgan fingerprint density at radius 3 is 2.33 bits per heavy atom. The highest BCUT2D eigenvalue weighted by Crippen LogP contribution is 2.37. The monoisotopic (exact) mass is 470 g/mol. The van der Waals surface area contributed by atoms with E-state index in [4.69, 9.17) is 37.9 Å². The Kier molecular flexibility index (Phi) is 8.10. The van der Waals surface area contributed by atoms with Crippen molar-refractivity contribution in [1.29, 1.82) is 5.26 Å². The van der Waals surface area contributed by atoms with Crippen LogP contribution in [0.1, 0.15) is 36.7 Å². The number of sulfonamides is 1. The maximum absolute atomic E-state index is 12.8. The van der Waals surface area contributed by atoms with Gasteiger partial charge in [-0.3, -0.25) is 0 Å². The van der Waals surface area contributed by atoms with Gasteiger partial charge in [-0.1, -0.05) is 37.0 Å². The molecule has 2 rings (SSSR count). The first kappa shape index (κ1) is 24.0. The van der Waals surface area contributed by atoms with Gasteiger partial charge in [0.1, 0.15) is 0 Å². The Morgan fingerprint density at radius 2 is 1.77 bits per heavy atom. The molecule has 2 aromatic carbocycles. The highest BCUT2D eigenvalue weighted by atomic mass is 35.5. The van der Waals surface area contributed by atoms with Gasteiger partial charge in [-0.2, -0.15) is 9.57 Å². The molecule has 0 heterocycles. The maximum atomic E-state index is 12.8. The lowest BCUT2D eigenvalue weighted by atomic mass is 10.2. The number of nitrogens with zero attached hydrogens (tertiary/aromatic N) is 2. The smallest absolute Gasteiger partial charge is 0.345 e. The van der Waals surface area contributed by atoms with Crippen molar-refractivity contribution in [2.75, 3.05) is 19.7 Å². The fraction of sp³-hybridized carbons (Fsp3) is 0.300. The summed E-state index contributed by atoms with van der Waals surface area (Å²) >= 11 is 12.3. The number of esters is 1. The summed E-state index contributed by atoms with van der Waals surface area (Å²) in [4.78, 5) is 12.7. The molecule has 0 aliphatic carbocycles. The molecule has 2 aromatic rings. The molecule has 0 unspecified atom stereocenters. The van der Waals surface area contributed by atoms with Gasteiger partial charge < -0.3 is 9.47 Å². The van der Waals surface area contributed by atoms with Gasteiger partial charge in [-0.05, 0) is 31.2 Å². The summed E-state index contributed by atoms with van der Waals surface area (Å²) in [6.07, 6.45) is 0. The lowest BCUT2D eigenvalue weighted by molar-refractivity contribution is 0.0728. The molecule has 160 valence electrons. The third kappa shape index (κ3) is 5.05. The summed E-state index contributed by atoms with van der Waals surface area (Å²) in [7, 11) is -3.80. The molecular weight excluding hydrogens is 451 g/mol. The molecule has 0 amide bonds. The SMILES string of the molecule is CCOc1cc(C#N)cc(Cl)c1OC(=O)c1cc(S(=O)(=O)N(CC)CC)ccc1Cl. The predicted molar refractivity (Wildman–Crippen MR) is 114 cm³/mol. The second-order valence-electron chi connectivity index (χ2n) is 5.95. The highest BCUT2D eigenvalue weighted by molar-refractivity contribution is 7.89. The molecule has 0 aliphatic heterocycles. The number of nitriles is 1. The van der Waals surface area contributed by atoms with E-state index in [1.54, 1.807) is 20.8 Å². The van der Waals surface area contributed by atoms with Crippen molar-refractivity contribution < 1.29 is 22.7 Å². The van der Waals surface area contributed by atoms with Gasteiger partial charge in [-0.15, -0.1) is 0 Å². The summed E-state index contributed by atoms with van der Waals surface area (Å²) in [5.41, 5.74) is 0.0846. The van der Waals surface area contributed by atoms with Crippen LogP contribution < -0.4 is 9.47 Å². The summed E-state index contributed by atoms with van der Waals surface area (Å²) < 4.78 is 37.6. The van der Waals surface area contributed by atoms with Crippen molar-refractivity contribution in [2.45, 2.75) is 25.7 Å². The molecule has 0 saturated heterocycles. The molecule has 30 heavy (non-hydrogen) atoms. The number of rotatable bonds is 8. The van der Waals surface area contributed by atoms with Crippen LogP contribution in [0.15, 0.2) is 35.2 Å². The van der Waals surface area contributed by atoms with Crippen LogP contribution in [0, 0.1) is 11.3 Å². The van der Waals surface area contributed by atoms with Crippen LogP contribution in [0.4, 0.5) is 0 Å². The minimum absolute atomic E-state index is 0.00566. The van der Waals surface area contributed by atoms with E-state index in [-0.39, 0.29) is 57.3 Å². The second-order valence-corrected chi connectivity index (χ2v) is 8.70. The van der Waals surface area contributed by atoms with Crippen molar-refractivity contribution >= 4 is 39.2 Å². The van der Waals surface area contributed by atoms with Gasteiger partial charge in [0.2, 0.25) is 10.0 Å². The number of carbonyl (C=O) groups excluding carboxylic acids is 1. The van der Waals surface area contributed by atoms with Gasteiger partial charge in [0, 0.05) is 19.2 Å². The summed E-state index contributed by atoms with van der Waals surface area (Å²) in [5, 5.41) is 9.09. The van der Waals surface area contributed by atoms with Gasteiger partial charge in [0.15, 0.2) is 11.5 Å². The molecule has 0 fully saturated rings. The number of halogens is 2. The Labute approximate surface area is 185 Å². The standard InChI is InChI=1S/C20H20Cl2N2O5S/c1-4-24(5-2)30(26,27)14-7-8-16(21)15(11-14)20(25)29-19-17(22)9-13(12-23)10-18(19)28-6-3/h7-11H,4-6H2,1-3H3. The Balaban J connectivity index is 2.47. The Bertz CT molecular complexity index is 1090. The van der Waals surface area contributed by atoms with Crippen LogP contribution in [0.3, 0.4) is 0 Å². The number of ether oxygens (including phenoxy) is 2. The van der Waals surface area contributed by atoms with Gasteiger partial charge in [0.25, 0.3) is 0 Å². The van der Waals surface area contributed by atoms with Crippen molar-refractivity contribution in [3.63, 3.8) is 0 Å². The summed E-state index contributed by atoms with van der Waals surface area (Å²) in [6, 6.07) is 8.46. The Hall–Kier alpha value is -2.31. The number of hydrogen-bond donors (Lipinski definition) is 0. The largest absolute Gasteiger partial charge is 0.490 e. The van der Waals surface area contributed by atoms with Crippen LogP contribution in [-0.2, 0) is 10.0 Å². The molecular formula is C20H20Cl2N2O5S. The number of benzene rings is 2. The van der Waals surface area contributed by atoms with E-state index in [9.17, 15) is 13.2 Å². The second kappa shape index (κ2) is 10.1. The van der Waals surface area contributed by atoms with E-state index in [1.807, 2.05) is 6.07 Å². The molecule has 0 spiro atoms. The number of carbonyl (C=O) groups is 1. The first-order valence-electron chi connectivity index (χ1n) is 9.07. The minimum atomic E-state index is -3.80. The van der Waals surface area contributed by atoms with Crippen LogP contribution in [0.2, 0.25) is 10.0 Å². The topological polar surface area (TPSA) is 96.7 Å². The molecule has 0 aromatic heterocycles. The average molecular weight is 471 g/mol.